The van der Waals surface area contributed by atoms with Crippen LogP contribution in [0.15, 0.2) is 58.9 Å². The Hall–Kier alpha value is -1.50. The summed E-state index contributed by atoms with van der Waals surface area (Å²) < 4.78 is 0. The second-order valence-corrected chi connectivity index (χ2v) is 9.08. The van der Waals surface area contributed by atoms with Crippen LogP contribution in [-0.4, -0.2) is 0 Å². The molecule has 2 N–H and O–H groups in total. The molecule has 2 rings (SSSR count). The van der Waals surface area contributed by atoms with Crippen LogP contribution in [0.1, 0.15) is 54.9 Å². The lowest BCUT2D eigenvalue weighted by atomic mass is 9.65. The summed E-state index contributed by atoms with van der Waals surface area (Å²) in [4.78, 5) is 0. The predicted molar refractivity (Wildman–Crippen MR) is 102 cm³/mol. The second kappa shape index (κ2) is 5.85. The van der Waals surface area contributed by atoms with Gasteiger partial charge >= 0.3 is 0 Å². The van der Waals surface area contributed by atoms with Crippen molar-refractivity contribution in [3.63, 3.8) is 0 Å². The van der Waals surface area contributed by atoms with Gasteiger partial charge < -0.3 is 5.73 Å². The third-order valence-corrected chi connectivity index (χ3v) is 4.93. The quantitative estimate of drug-likeness (QED) is 0.629. The Kier molecular flexibility index (Phi) is 4.54. The molecule has 0 spiro atoms. The molecule has 2 aliphatic carbocycles. The van der Waals surface area contributed by atoms with Crippen molar-refractivity contribution in [2.75, 3.05) is 0 Å². The van der Waals surface area contributed by atoms with Crippen LogP contribution in [0.2, 0.25) is 0 Å². The Balaban J connectivity index is 2.58. The average Bonchev–Trinajstić information content (AvgIpc) is 2.35. The third-order valence-electron chi connectivity index (χ3n) is 4.93. The lowest BCUT2D eigenvalue weighted by Crippen LogP contribution is -2.30. The molecule has 126 valence electrons. The molecule has 0 aromatic heterocycles. The van der Waals surface area contributed by atoms with Gasteiger partial charge in [0.1, 0.15) is 0 Å². The van der Waals surface area contributed by atoms with Crippen molar-refractivity contribution in [2.24, 2.45) is 28.4 Å². The van der Waals surface area contributed by atoms with Crippen molar-refractivity contribution in [2.45, 2.75) is 54.9 Å². The van der Waals surface area contributed by atoms with Crippen LogP contribution in [0.4, 0.5) is 0 Å². The van der Waals surface area contributed by atoms with Crippen molar-refractivity contribution < 1.29 is 0 Å². The van der Waals surface area contributed by atoms with E-state index in [9.17, 15) is 0 Å². The summed E-state index contributed by atoms with van der Waals surface area (Å²) in [5, 5.41) is 0. The van der Waals surface area contributed by atoms with Gasteiger partial charge in [0.2, 0.25) is 0 Å². The molecule has 1 nitrogen and oxygen atoms in total. The first kappa shape index (κ1) is 17.8. The molecule has 1 heteroatoms. The first-order chi connectivity index (χ1) is 10.4. The highest BCUT2D eigenvalue weighted by atomic mass is 14.6. The molecule has 0 fully saturated rings. The van der Waals surface area contributed by atoms with Gasteiger partial charge in [0.25, 0.3) is 0 Å². The molecule has 0 saturated heterocycles. The minimum Gasteiger partial charge on any atom is -0.398 e. The molecular weight excluding hydrogens is 278 g/mol. The van der Waals surface area contributed by atoms with E-state index in [1.807, 2.05) is 0 Å². The van der Waals surface area contributed by atoms with Gasteiger partial charge in [-0.2, -0.15) is 0 Å². The van der Waals surface area contributed by atoms with Gasteiger partial charge in [-0.15, -0.1) is 0 Å². The normalized spacial score (nSPS) is 27.6. The summed E-state index contributed by atoms with van der Waals surface area (Å²) >= 11 is 0. The topological polar surface area (TPSA) is 26.0 Å². The highest BCUT2D eigenvalue weighted by Crippen LogP contribution is 2.48. The van der Waals surface area contributed by atoms with Crippen molar-refractivity contribution >= 4 is 0 Å². The van der Waals surface area contributed by atoms with Gasteiger partial charge in [0, 0.05) is 11.6 Å². The second-order valence-electron chi connectivity index (χ2n) is 9.08. The Labute approximate surface area is 142 Å². The smallest absolute Gasteiger partial charge is 0.0425 e. The van der Waals surface area contributed by atoms with Crippen LogP contribution in [0.5, 0.6) is 0 Å². The average molecular weight is 312 g/mol. The zero-order valence-corrected chi connectivity index (χ0v) is 16.0. The zero-order valence-electron chi connectivity index (χ0n) is 16.0. The summed E-state index contributed by atoms with van der Waals surface area (Å²) in [5.41, 5.74) is 12.9. The number of hydrogen-bond donors (Lipinski definition) is 1. The molecule has 0 heterocycles. The van der Waals surface area contributed by atoms with Crippen LogP contribution in [0.3, 0.4) is 0 Å². The molecule has 0 amide bonds. The van der Waals surface area contributed by atoms with E-state index in [4.69, 9.17) is 5.73 Å². The summed E-state index contributed by atoms with van der Waals surface area (Å²) in [6.07, 6.45) is 10.4. The van der Waals surface area contributed by atoms with E-state index in [1.54, 1.807) is 0 Å². The summed E-state index contributed by atoms with van der Waals surface area (Å²) in [5.74, 6) is 0.791. The van der Waals surface area contributed by atoms with Crippen LogP contribution in [-0.2, 0) is 0 Å². The van der Waals surface area contributed by atoms with Gasteiger partial charge in [-0.1, -0.05) is 83.6 Å². The fourth-order valence-electron chi connectivity index (χ4n) is 3.79. The molecule has 0 bridgehead atoms. The van der Waals surface area contributed by atoms with Gasteiger partial charge in [0.05, 0.1) is 0 Å². The minimum absolute atomic E-state index is 0.191. The van der Waals surface area contributed by atoms with E-state index in [0.717, 1.165) is 17.7 Å². The Morgan fingerprint density at radius 1 is 1.35 bits per heavy atom. The van der Waals surface area contributed by atoms with Crippen molar-refractivity contribution in [3.8, 4) is 0 Å². The fourth-order valence-corrected chi connectivity index (χ4v) is 3.79. The highest BCUT2D eigenvalue weighted by molar-refractivity contribution is 5.56. The summed E-state index contributed by atoms with van der Waals surface area (Å²) in [6, 6.07) is 0. The molecule has 2 atom stereocenters. The molecule has 23 heavy (non-hydrogen) atoms. The SMILES string of the molecule is C=C(C)C1=C(N)C2=C(CC(C)(C)C=C2)C(/C=C\C(C)(C)C)C1C. The molecule has 0 aromatic carbocycles. The van der Waals surface area contributed by atoms with Gasteiger partial charge in [-0.05, 0) is 41.2 Å². The Morgan fingerprint density at radius 2 is 1.96 bits per heavy atom. The van der Waals surface area contributed by atoms with Crippen LogP contribution in [0, 0.1) is 22.7 Å². The Bertz CT molecular complexity index is 629. The number of nitrogens with two attached hydrogens (primary N) is 1. The maximum atomic E-state index is 6.54. The predicted octanol–water partition coefficient (Wildman–Crippen LogP) is 5.93. The van der Waals surface area contributed by atoms with E-state index in [0.29, 0.717) is 11.8 Å². The van der Waals surface area contributed by atoms with Gasteiger partial charge in [0.15, 0.2) is 0 Å². The molecule has 2 unspecified atom stereocenters. The molecule has 0 aromatic rings. The van der Waals surface area contributed by atoms with E-state index >= 15 is 0 Å². The van der Waals surface area contributed by atoms with E-state index in [1.165, 1.54) is 16.7 Å². The third kappa shape index (κ3) is 3.71. The molecular formula is C22H33N. The van der Waals surface area contributed by atoms with Crippen LogP contribution < -0.4 is 5.73 Å². The van der Waals surface area contributed by atoms with E-state index in [2.05, 4.69) is 79.3 Å². The van der Waals surface area contributed by atoms with Gasteiger partial charge in [-0.25, -0.2) is 0 Å². The maximum absolute atomic E-state index is 6.54. The summed E-state index contributed by atoms with van der Waals surface area (Å²) in [6.45, 7) is 19.9. The zero-order chi connectivity index (χ0) is 17.6. The Morgan fingerprint density at radius 3 is 2.48 bits per heavy atom. The fraction of sp³-hybridized carbons (Fsp3) is 0.545. The summed E-state index contributed by atoms with van der Waals surface area (Å²) in [7, 11) is 0. The molecule has 2 aliphatic rings. The first-order valence-corrected chi connectivity index (χ1v) is 8.70. The lowest BCUT2D eigenvalue weighted by Gasteiger charge is -2.40. The first-order valence-electron chi connectivity index (χ1n) is 8.70. The van der Waals surface area contributed by atoms with Crippen molar-refractivity contribution in [1.29, 1.82) is 0 Å². The van der Waals surface area contributed by atoms with Crippen molar-refractivity contribution in [1.82, 2.24) is 0 Å². The van der Waals surface area contributed by atoms with E-state index in [-0.39, 0.29) is 10.8 Å². The lowest BCUT2D eigenvalue weighted by molar-refractivity contribution is 0.413. The standard InChI is InChI=1S/C22H33N/c1-14(2)19-15(3)16(9-11-21(4,5)6)18-13-22(7,8)12-10-17(18)20(19)23/h9-12,15-16H,1,13,23H2,2-8H3/b11-9-. The molecule has 0 radical (unpaired) electrons. The molecule has 0 saturated carbocycles. The monoisotopic (exact) mass is 311 g/mol. The number of rotatable bonds is 2. The molecule has 0 aliphatic heterocycles. The van der Waals surface area contributed by atoms with Crippen LogP contribution >= 0.6 is 0 Å². The minimum atomic E-state index is 0.191. The number of hydrogen-bond acceptors (Lipinski definition) is 1. The van der Waals surface area contributed by atoms with Crippen LogP contribution in [0.25, 0.3) is 0 Å². The highest BCUT2D eigenvalue weighted by Gasteiger charge is 2.36. The maximum Gasteiger partial charge on any atom is 0.0425 e. The van der Waals surface area contributed by atoms with Crippen molar-refractivity contribution in [3.05, 3.63) is 58.9 Å². The van der Waals surface area contributed by atoms with E-state index < -0.39 is 0 Å². The van der Waals surface area contributed by atoms with Gasteiger partial charge in [-0.3, -0.25) is 0 Å². The largest absolute Gasteiger partial charge is 0.398 e. The number of allylic oxidation sites excluding steroid dienone is 7.